The molecule has 0 aliphatic heterocycles. The van der Waals surface area contributed by atoms with Crippen molar-refractivity contribution < 1.29 is 9.53 Å². The zero-order valence-corrected chi connectivity index (χ0v) is 13.8. The van der Waals surface area contributed by atoms with Gasteiger partial charge in [0.2, 0.25) is 0 Å². The van der Waals surface area contributed by atoms with Gasteiger partial charge >= 0.3 is 5.97 Å². The molecule has 1 aliphatic rings. The molecule has 1 aliphatic carbocycles. The molecule has 0 N–H and O–H groups in total. The molecule has 5 heteroatoms. The number of hydrogen-bond acceptors (Lipinski definition) is 4. The summed E-state index contributed by atoms with van der Waals surface area (Å²) in [6.07, 6.45) is 6.32. The van der Waals surface area contributed by atoms with E-state index >= 15 is 0 Å². The van der Waals surface area contributed by atoms with Crippen LogP contribution in [0.2, 0.25) is 0 Å². The van der Waals surface area contributed by atoms with Crippen molar-refractivity contribution in [3.8, 4) is 0 Å². The number of aryl methyl sites for hydroxylation is 1. The van der Waals surface area contributed by atoms with Crippen molar-refractivity contribution >= 4 is 29.4 Å². The Hall–Kier alpha value is -1.68. The Labute approximate surface area is 136 Å². The maximum Gasteiger partial charge on any atom is 0.305 e. The summed E-state index contributed by atoms with van der Waals surface area (Å²) in [6.45, 7) is 2.14. The standard InChI is InChI=1S/C17H20N2O2.ClH/c1-11-13-7-5-12(6-8-16(20)21-2)10-15(13)19-14-4-3-9-18-17(11)14;/h3-4,9,12H,5-8,10H2,1-2H3;1H. The zero-order chi connectivity index (χ0) is 14.8. The summed E-state index contributed by atoms with van der Waals surface area (Å²) in [5, 5.41) is 0. The van der Waals surface area contributed by atoms with Crippen LogP contribution in [0.25, 0.3) is 11.0 Å². The van der Waals surface area contributed by atoms with E-state index in [1.807, 2.05) is 18.3 Å². The number of ether oxygens (including phenoxy) is 1. The van der Waals surface area contributed by atoms with Gasteiger partial charge in [-0.25, -0.2) is 0 Å². The third kappa shape index (κ3) is 3.22. The Morgan fingerprint density at radius 2 is 2.27 bits per heavy atom. The van der Waals surface area contributed by atoms with Crippen molar-refractivity contribution in [2.45, 2.75) is 39.0 Å². The summed E-state index contributed by atoms with van der Waals surface area (Å²) in [5.41, 5.74) is 5.80. The van der Waals surface area contributed by atoms with Gasteiger partial charge in [-0.15, -0.1) is 12.4 Å². The molecule has 0 radical (unpaired) electrons. The summed E-state index contributed by atoms with van der Waals surface area (Å²) < 4.78 is 4.72. The van der Waals surface area contributed by atoms with Gasteiger partial charge in [-0.05, 0) is 61.8 Å². The lowest BCUT2D eigenvalue weighted by atomic mass is 9.82. The fourth-order valence-corrected chi connectivity index (χ4v) is 3.24. The van der Waals surface area contributed by atoms with Gasteiger partial charge in [0, 0.05) is 18.3 Å². The Morgan fingerprint density at radius 1 is 1.45 bits per heavy atom. The van der Waals surface area contributed by atoms with Crippen LogP contribution in [0.4, 0.5) is 0 Å². The van der Waals surface area contributed by atoms with E-state index in [4.69, 9.17) is 9.72 Å². The fourth-order valence-electron chi connectivity index (χ4n) is 3.24. The number of nitrogens with zero attached hydrogens (tertiary/aromatic N) is 2. The molecule has 3 rings (SSSR count). The maximum absolute atomic E-state index is 11.3. The Morgan fingerprint density at radius 3 is 3.05 bits per heavy atom. The molecule has 0 amide bonds. The van der Waals surface area contributed by atoms with Crippen LogP contribution in [0.3, 0.4) is 0 Å². The average Bonchev–Trinajstić information content (AvgIpc) is 2.52. The van der Waals surface area contributed by atoms with Crippen LogP contribution in [0, 0.1) is 12.8 Å². The lowest BCUT2D eigenvalue weighted by Crippen LogP contribution is -2.18. The van der Waals surface area contributed by atoms with Gasteiger partial charge in [-0.3, -0.25) is 14.8 Å². The number of aromatic nitrogens is 2. The van der Waals surface area contributed by atoms with Gasteiger partial charge in [0.15, 0.2) is 0 Å². The zero-order valence-electron chi connectivity index (χ0n) is 13.0. The number of hydrogen-bond donors (Lipinski definition) is 0. The van der Waals surface area contributed by atoms with Crippen LogP contribution in [-0.2, 0) is 22.4 Å². The number of carbonyl (C=O) groups is 1. The first kappa shape index (κ1) is 16.7. The molecular weight excluding hydrogens is 300 g/mol. The summed E-state index contributed by atoms with van der Waals surface area (Å²) >= 11 is 0. The highest BCUT2D eigenvalue weighted by Gasteiger charge is 2.23. The van der Waals surface area contributed by atoms with Crippen LogP contribution < -0.4 is 0 Å². The Balaban J connectivity index is 0.00000176. The number of esters is 1. The van der Waals surface area contributed by atoms with Crippen molar-refractivity contribution in [3.05, 3.63) is 35.2 Å². The second kappa shape index (κ2) is 7.05. The molecule has 0 fully saturated rings. The fraction of sp³-hybridized carbons (Fsp3) is 0.471. The number of fused-ring (bicyclic) bond motifs is 2. The quantitative estimate of drug-likeness (QED) is 0.813. The maximum atomic E-state index is 11.3. The molecule has 4 nitrogen and oxygen atoms in total. The second-order valence-electron chi connectivity index (χ2n) is 5.76. The SMILES string of the molecule is COC(=O)CCC1CCc2c(nc3cccnc3c2C)C1.Cl. The summed E-state index contributed by atoms with van der Waals surface area (Å²) in [7, 11) is 1.45. The number of carbonyl (C=O) groups excluding carboxylic acids is 1. The van der Waals surface area contributed by atoms with Crippen molar-refractivity contribution in [2.24, 2.45) is 5.92 Å². The topological polar surface area (TPSA) is 52.1 Å². The molecule has 0 spiro atoms. The highest BCUT2D eigenvalue weighted by atomic mass is 35.5. The van der Waals surface area contributed by atoms with Gasteiger partial charge in [0.25, 0.3) is 0 Å². The van der Waals surface area contributed by atoms with Gasteiger partial charge in [0.05, 0.1) is 18.1 Å². The van der Waals surface area contributed by atoms with E-state index in [1.54, 1.807) is 0 Å². The lowest BCUT2D eigenvalue weighted by Gasteiger charge is -2.25. The number of pyridine rings is 2. The van der Waals surface area contributed by atoms with E-state index in [-0.39, 0.29) is 18.4 Å². The van der Waals surface area contributed by atoms with Crippen molar-refractivity contribution in [2.75, 3.05) is 7.11 Å². The average molecular weight is 321 g/mol. The molecule has 0 bridgehead atoms. The molecule has 0 aromatic carbocycles. The molecule has 0 saturated heterocycles. The van der Waals surface area contributed by atoms with E-state index in [9.17, 15) is 4.79 Å². The van der Waals surface area contributed by atoms with E-state index in [0.717, 1.165) is 36.7 Å². The summed E-state index contributed by atoms with van der Waals surface area (Å²) in [5.74, 6) is 0.408. The van der Waals surface area contributed by atoms with Gasteiger partial charge in [-0.2, -0.15) is 0 Å². The van der Waals surface area contributed by atoms with Crippen LogP contribution >= 0.6 is 12.4 Å². The van der Waals surface area contributed by atoms with Crippen LogP contribution in [-0.4, -0.2) is 23.0 Å². The predicted molar refractivity (Wildman–Crippen MR) is 88.3 cm³/mol. The first-order chi connectivity index (χ1) is 10.2. The number of halogens is 1. The number of methoxy groups -OCH3 is 1. The first-order valence-electron chi connectivity index (χ1n) is 7.49. The minimum Gasteiger partial charge on any atom is -0.469 e. The van der Waals surface area contributed by atoms with Crippen LogP contribution in [0.1, 0.15) is 36.1 Å². The minimum absolute atomic E-state index is 0. The third-order valence-corrected chi connectivity index (χ3v) is 4.47. The molecule has 2 aromatic rings. The van der Waals surface area contributed by atoms with Gasteiger partial charge in [0.1, 0.15) is 0 Å². The Bertz CT molecular complexity index is 688. The van der Waals surface area contributed by atoms with E-state index in [0.29, 0.717) is 12.3 Å². The molecule has 0 saturated carbocycles. The van der Waals surface area contributed by atoms with E-state index in [1.165, 1.54) is 23.9 Å². The monoisotopic (exact) mass is 320 g/mol. The van der Waals surface area contributed by atoms with Gasteiger partial charge < -0.3 is 4.74 Å². The number of rotatable bonds is 3. The normalized spacial score (nSPS) is 16.7. The molecule has 118 valence electrons. The summed E-state index contributed by atoms with van der Waals surface area (Å²) in [6, 6.07) is 3.95. The van der Waals surface area contributed by atoms with Crippen LogP contribution in [0.5, 0.6) is 0 Å². The first-order valence-corrected chi connectivity index (χ1v) is 7.49. The second-order valence-corrected chi connectivity index (χ2v) is 5.76. The molecule has 1 unspecified atom stereocenters. The molecule has 2 heterocycles. The van der Waals surface area contributed by atoms with E-state index < -0.39 is 0 Å². The van der Waals surface area contributed by atoms with Crippen molar-refractivity contribution in [1.29, 1.82) is 0 Å². The smallest absolute Gasteiger partial charge is 0.305 e. The molecule has 1 atom stereocenters. The minimum atomic E-state index is -0.118. The predicted octanol–water partition coefficient (Wildman–Crippen LogP) is 3.42. The molecular formula is C17H21ClN2O2. The molecule has 22 heavy (non-hydrogen) atoms. The molecule has 2 aromatic heterocycles. The lowest BCUT2D eigenvalue weighted by molar-refractivity contribution is -0.140. The van der Waals surface area contributed by atoms with Gasteiger partial charge in [-0.1, -0.05) is 0 Å². The highest BCUT2D eigenvalue weighted by Crippen LogP contribution is 2.31. The third-order valence-electron chi connectivity index (χ3n) is 4.47. The van der Waals surface area contributed by atoms with Crippen molar-refractivity contribution in [1.82, 2.24) is 9.97 Å². The van der Waals surface area contributed by atoms with E-state index in [2.05, 4.69) is 11.9 Å². The van der Waals surface area contributed by atoms with Crippen molar-refractivity contribution in [3.63, 3.8) is 0 Å². The Kier molecular flexibility index (Phi) is 5.35. The highest BCUT2D eigenvalue weighted by molar-refractivity contribution is 5.85. The largest absolute Gasteiger partial charge is 0.469 e. The summed E-state index contributed by atoms with van der Waals surface area (Å²) in [4.78, 5) is 20.5. The van der Waals surface area contributed by atoms with Crippen LogP contribution in [0.15, 0.2) is 18.3 Å².